The second kappa shape index (κ2) is 7.68. The molecule has 1 saturated carbocycles. The summed E-state index contributed by atoms with van der Waals surface area (Å²) in [6, 6.07) is 14.0. The maximum atomic E-state index is 13.1. The van der Waals surface area contributed by atoms with Gasteiger partial charge in [-0.3, -0.25) is 9.78 Å². The van der Waals surface area contributed by atoms with Crippen molar-refractivity contribution in [2.75, 3.05) is 0 Å². The molecular weight excluding hydrogens is 312 g/mol. The van der Waals surface area contributed by atoms with E-state index >= 15 is 0 Å². The Balaban J connectivity index is 1.79. The van der Waals surface area contributed by atoms with E-state index in [1.54, 1.807) is 6.20 Å². The number of hydrogen-bond donors (Lipinski definition) is 0. The smallest absolute Gasteiger partial charge is 0.227 e. The average molecular weight is 338 g/mol. The van der Waals surface area contributed by atoms with Crippen LogP contribution in [0.5, 0.6) is 5.75 Å². The minimum atomic E-state index is -0.0145. The molecule has 1 aliphatic rings. The van der Waals surface area contributed by atoms with E-state index in [4.69, 9.17) is 4.74 Å². The Morgan fingerprint density at radius 3 is 2.52 bits per heavy atom. The van der Waals surface area contributed by atoms with Gasteiger partial charge in [-0.2, -0.15) is 0 Å². The molecule has 1 aromatic heterocycles. The lowest BCUT2D eigenvalue weighted by Crippen LogP contribution is -2.37. The maximum Gasteiger partial charge on any atom is 0.227 e. The number of amides is 1. The molecular formula is C21H26N2O2. The van der Waals surface area contributed by atoms with Gasteiger partial charge in [-0.25, -0.2) is 0 Å². The zero-order chi connectivity index (χ0) is 17.8. The quantitative estimate of drug-likeness (QED) is 0.761. The molecule has 1 atom stereocenters. The van der Waals surface area contributed by atoms with Gasteiger partial charge in [-0.05, 0) is 51.8 Å². The lowest BCUT2D eigenvalue weighted by atomic mass is 10.1. The first-order chi connectivity index (χ1) is 12.1. The summed E-state index contributed by atoms with van der Waals surface area (Å²) in [6.45, 7) is 6.06. The summed E-state index contributed by atoms with van der Waals surface area (Å²) in [5.74, 6) is 0.938. The first kappa shape index (κ1) is 17.5. The predicted molar refractivity (Wildman–Crippen MR) is 98.4 cm³/mol. The molecule has 2 aromatic rings. The molecule has 0 bridgehead atoms. The fourth-order valence-corrected chi connectivity index (χ4v) is 3.13. The van der Waals surface area contributed by atoms with Crippen LogP contribution in [0.4, 0.5) is 0 Å². The van der Waals surface area contributed by atoms with Crippen LogP contribution in [0.3, 0.4) is 0 Å². The number of rotatable bonds is 7. The predicted octanol–water partition coefficient (Wildman–Crippen LogP) is 4.16. The third-order valence-corrected chi connectivity index (χ3v) is 4.44. The zero-order valence-electron chi connectivity index (χ0n) is 15.2. The van der Waals surface area contributed by atoms with Crippen LogP contribution < -0.4 is 4.74 Å². The zero-order valence-corrected chi connectivity index (χ0v) is 15.2. The Morgan fingerprint density at radius 1 is 1.16 bits per heavy atom. The lowest BCUT2D eigenvalue weighted by Gasteiger charge is -2.29. The topological polar surface area (TPSA) is 42.4 Å². The van der Waals surface area contributed by atoms with Crippen molar-refractivity contribution in [3.63, 3.8) is 0 Å². The summed E-state index contributed by atoms with van der Waals surface area (Å²) >= 11 is 0. The Morgan fingerprint density at radius 2 is 1.88 bits per heavy atom. The van der Waals surface area contributed by atoms with Crippen LogP contribution in [-0.2, 0) is 11.2 Å². The Hall–Kier alpha value is -2.36. The van der Waals surface area contributed by atoms with Crippen LogP contribution in [0.2, 0.25) is 0 Å². The molecule has 0 unspecified atom stereocenters. The molecule has 132 valence electrons. The summed E-state index contributed by atoms with van der Waals surface area (Å²) < 4.78 is 5.86. The molecule has 0 spiro atoms. The van der Waals surface area contributed by atoms with Crippen LogP contribution in [0.25, 0.3) is 0 Å². The van der Waals surface area contributed by atoms with Crippen LogP contribution in [0.1, 0.15) is 50.9 Å². The third kappa shape index (κ3) is 4.38. The molecule has 0 radical (unpaired) electrons. The highest BCUT2D eigenvalue weighted by Gasteiger charge is 2.36. The van der Waals surface area contributed by atoms with E-state index in [9.17, 15) is 4.79 Å². The van der Waals surface area contributed by atoms with Crippen LogP contribution >= 0.6 is 0 Å². The van der Waals surface area contributed by atoms with E-state index in [1.807, 2.05) is 61.2 Å². The van der Waals surface area contributed by atoms with Gasteiger partial charge in [0.05, 0.1) is 24.3 Å². The minimum Gasteiger partial charge on any atom is -0.491 e. The number of ether oxygens (including phenoxy) is 1. The Labute approximate surface area is 149 Å². The minimum absolute atomic E-state index is 0.0145. The van der Waals surface area contributed by atoms with Crippen molar-refractivity contribution in [1.82, 2.24) is 9.88 Å². The van der Waals surface area contributed by atoms with Gasteiger partial charge in [0.15, 0.2) is 0 Å². The van der Waals surface area contributed by atoms with Gasteiger partial charge in [0.1, 0.15) is 5.75 Å². The van der Waals surface area contributed by atoms with Crippen LogP contribution in [0.15, 0.2) is 48.7 Å². The van der Waals surface area contributed by atoms with Crippen LogP contribution in [0, 0.1) is 0 Å². The summed E-state index contributed by atoms with van der Waals surface area (Å²) in [4.78, 5) is 19.5. The molecule has 0 aliphatic heterocycles. The van der Waals surface area contributed by atoms with Gasteiger partial charge in [-0.15, -0.1) is 0 Å². The number of nitrogens with zero attached hydrogens (tertiary/aromatic N) is 2. The summed E-state index contributed by atoms with van der Waals surface area (Å²) in [6.07, 6.45) is 4.38. The second-order valence-electron chi connectivity index (χ2n) is 6.91. The largest absolute Gasteiger partial charge is 0.491 e. The molecule has 0 N–H and O–H groups in total. The number of aromatic nitrogens is 1. The molecule has 1 aliphatic carbocycles. The second-order valence-corrected chi connectivity index (χ2v) is 6.91. The number of benzene rings is 1. The Kier molecular flexibility index (Phi) is 5.37. The molecule has 1 amide bonds. The highest BCUT2D eigenvalue weighted by atomic mass is 16.5. The average Bonchev–Trinajstić information content (AvgIpc) is 3.42. The Bertz CT molecular complexity index is 711. The molecule has 3 rings (SSSR count). The van der Waals surface area contributed by atoms with Crippen molar-refractivity contribution in [1.29, 1.82) is 0 Å². The van der Waals surface area contributed by atoms with Crippen molar-refractivity contribution in [3.05, 3.63) is 59.9 Å². The molecule has 4 nitrogen and oxygen atoms in total. The van der Waals surface area contributed by atoms with E-state index in [0.29, 0.717) is 12.5 Å². The van der Waals surface area contributed by atoms with E-state index in [0.717, 1.165) is 29.8 Å². The highest BCUT2D eigenvalue weighted by Crippen LogP contribution is 2.34. The maximum absolute atomic E-state index is 13.1. The fraction of sp³-hybridized carbons (Fsp3) is 0.429. The van der Waals surface area contributed by atoms with Gasteiger partial charge in [0.2, 0.25) is 5.91 Å². The number of carbonyl (C=O) groups excluding carboxylic acids is 1. The summed E-state index contributed by atoms with van der Waals surface area (Å²) in [7, 11) is 0. The molecule has 1 aromatic carbocycles. The van der Waals surface area contributed by atoms with E-state index < -0.39 is 0 Å². The fourth-order valence-electron chi connectivity index (χ4n) is 3.13. The normalized spacial score (nSPS) is 15.0. The van der Waals surface area contributed by atoms with Crippen molar-refractivity contribution in [2.24, 2.45) is 0 Å². The first-order valence-corrected chi connectivity index (χ1v) is 9.03. The number of pyridine rings is 1. The number of carbonyl (C=O) groups is 1. The van der Waals surface area contributed by atoms with E-state index in [2.05, 4.69) is 11.9 Å². The summed E-state index contributed by atoms with van der Waals surface area (Å²) in [5, 5.41) is 0. The van der Waals surface area contributed by atoms with Crippen molar-refractivity contribution >= 4 is 5.91 Å². The molecule has 25 heavy (non-hydrogen) atoms. The number of para-hydroxylation sites is 1. The standard InChI is InChI=1S/C21H26N2O2/c1-15(2)25-20-10-5-4-8-17(20)14-21(24)23(18-11-12-18)16(3)19-9-6-7-13-22-19/h4-10,13,15-16,18H,11-12,14H2,1-3H3/t16-/m1/s1. The molecule has 4 heteroatoms. The first-order valence-electron chi connectivity index (χ1n) is 9.03. The monoisotopic (exact) mass is 338 g/mol. The van der Waals surface area contributed by atoms with Gasteiger partial charge in [0.25, 0.3) is 0 Å². The van der Waals surface area contributed by atoms with Crippen molar-refractivity contribution in [3.8, 4) is 5.75 Å². The highest BCUT2D eigenvalue weighted by molar-refractivity contribution is 5.80. The van der Waals surface area contributed by atoms with Crippen LogP contribution in [-0.4, -0.2) is 27.9 Å². The van der Waals surface area contributed by atoms with E-state index in [-0.39, 0.29) is 18.1 Å². The molecule has 0 saturated heterocycles. The lowest BCUT2D eigenvalue weighted by molar-refractivity contribution is -0.133. The van der Waals surface area contributed by atoms with Gasteiger partial charge >= 0.3 is 0 Å². The SMILES string of the molecule is CC(C)Oc1ccccc1CC(=O)N(C1CC1)[C@H](C)c1ccccn1. The van der Waals surface area contributed by atoms with Gasteiger partial charge in [-0.1, -0.05) is 24.3 Å². The van der Waals surface area contributed by atoms with Gasteiger partial charge < -0.3 is 9.64 Å². The van der Waals surface area contributed by atoms with Gasteiger partial charge in [0, 0.05) is 17.8 Å². The van der Waals surface area contributed by atoms with E-state index in [1.165, 1.54) is 0 Å². The van der Waals surface area contributed by atoms with Crippen molar-refractivity contribution in [2.45, 2.75) is 58.2 Å². The number of hydrogen-bond acceptors (Lipinski definition) is 3. The molecule has 1 fully saturated rings. The molecule has 1 heterocycles. The van der Waals surface area contributed by atoms with Crippen molar-refractivity contribution < 1.29 is 9.53 Å². The third-order valence-electron chi connectivity index (χ3n) is 4.44. The summed E-state index contributed by atoms with van der Waals surface area (Å²) in [5.41, 5.74) is 1.88.